The largest absolute Gasteiger partial charge is 0.507 e. The van der Waals surface area contributed by atoms with Gasteiger partial charge in [-0.15, -0.1) is 0 Å². The lowest BCUT2D eigenvalue weighted by Gasteiger charge is -2.35. The molecule has 0 aromatic heterocycles. The number of carbonyl (C=O) groups is 2. The van der Waals surface area contributed by atoms with Crippen LogP contribution in [0.2, 0.25) is 0 Å². The van der Waals surface area contributed by atoms with Crippen molar-refractivity contribution in [2.24, 2.45) is 0 Å². The second-order valence-electron chi connectivity index (χ2n) is 8.23. The van der Waals surface area contributed by atoms with Crippen LogP contribution in [-0.2, 0) is 9.59 Å². The number of aliphatic hydroxyl groups is 1. The summed E-state index contributed by atoms with van der Waals surface area (Å²) in [4.78, 5) is 28.1. The molecule has 1 amide bonds. The Labute approximate surface area is 188 Å². The third-order valence-electron chi connectivity index (χ3n) is 6.30. The zero-order chi connectivity index (χ0) is 22.7. The Morgan fingerprint density at radius 1 is 1.03 bits per heavy atom. The van der Waals surface area contributed by atoms with Crippen LogP contribution in [0.15, 0.2) is 54.1 Å². The van der Waals surface area contributed by atoms with E-state index in [1.165, 1.54) is 0 Å². The maximum absolute atomic E-state index is 13.2. The average molecular weight is 436 g/mol. The van der Waals surface area contributed by atoms with E-state index in [1.807, 2.05) is 31.2 Å². The number of carbonyl (C=O) groups excluding carboxylic acids is 2. The predicted molar refractivity (Wildman–Crippen MR) is 122 cm³/mol. The Morgan fingerprint density at radius 2 is 1.75 bits per heavy atom. The topological polar surface area (TPSA) is 76.1 Å². The van der Waals surface area contributed by atoms with Crippen LogP contribution in [0.3, 0.4) is 0 Å². The van der Waals surface area contributed by atoms with Crippen LogP contribution in [0.4, 0.5) is 0 Å². The number of aliphatic hydroxyl groups excluding tert-OH is 1. The van der Waals surface area contributed by atoms with Crippen LogP contribution in [0, 0.1) is 0 Å². The summed E-state index contributed by atoms with van der Waals surface area (Å²) >= 11 is 0. The summed E-state index contributed by atoms with van der Waals surface area (Å²) in [6.45, 7) is 2.37. The lowest BCUT2D eigenvalue weighted by Crippen LogP contribution is -2.40. The first-order valence-corrected chi connectivity index (χ1v) is 11.2. The van der Waals surface area contributed by atoms with Gasteiger partial charge < -0.3 is 19.5 Å². The van der Waals surface area contributed by atoms with Gasteiger partial charge in [0.1, 0.15) is 17.3 Å². The Morgan fingerprint density at radius 3 is 2.41 bits per heavy atom. The van der Waals surface area contributed by atoms with E-state index in [0.717, 1.165) is 37.7 Å². The van der Waals surface area contributed by atoms with E-state index in [1.54, 1.807) is 36.3 Å². The number of amides is 1. The van der Waals surface area contributed by atoms with Crippen LogP contribution in [0.5, 0.6) is 11.5 Å². The van der Waals surface area contributed by atoms with Crippen molar-refractivity contribution < 1.29 is 24.2 Å². The van der Waals surface area contributed by atoms with E-state index in [4.69, 9.17) is 9.47 Å². The van der Waals surface area contributed by atoms with Crippen molar-refractivity contribution >= 4 is 17.4 Å². The maximum atomic E-state index is 13.2. The van der Waals surface area contributed by atoms with Crippen LogP contribution in [0.1, 0.15) is 56.2 Å². The highest BCUT2D eigenvalue weighted by Crippen LogP contribution is 2.43. The minimum Gasteiger partial charge on any atom is -0.507 e. The first-order chi connectivity index (χ1) is 15.5. The number of methoxy groups -OCH3 is 1. The fourth-order valence-electron chi connectivity index (χ4n) is 4.75. The molecule has 168 valence electrons. The third-order valence-corrected chi connectivity index (χ3v) is 6.30. The summed E-state index contributed by atoms with van der Waals surface area (Å²) < 4.78 is 10.8. The molecule has 6 heteroatoms. The summed E-state index contributed by atoms with van der Waals surface area (Å²) in [6, 6.07) is 13.6. The second-order valence-corrected chi connectivity index (χ2v) is 8.23. The predicted octanol–water partition coefficient (Wildman–Crippen LogP) is 4.85. The maximum Gasteiger partial charge on any atom is 0.295 e. The number of ketones is 1. The highest BCUT2D eigenvalue weighted by molar-refractivity contribution is 6.46. The molecular formula is C26H29NO5. The van der Waals surface area contributed by atoms with E-state index in [9.17, 15) is 14.7 Å². The molecule has 4 rings (SSSR count). The molecule has 6 nitrogen and oxygen atoms in total. The van der Waals surface area contributed by atoms with Crippen molar-refractivity contribution in [3.8, 4) is 11.5 Å². The normalized spacial score (nSPS) is 21.1. The molecule has 0 spiro atoms. The smallest absolute Gasteiger partial charge is 0.295 e. The minimum atomic E-state index is -0.643. The van der Waals surface area contributed by atoms with Gasteiger partial charge in [0.2, 0.25) is 0 Å². The van der Waals surface area contributed by atoms with Crippen molar-refractivity contribution in [1.82, 2.24) is 4.90 Å². The second kappa shape index (κ2) is 9.47. The van der Waals surface area contributed by atoms with Crippen molar-refractivity contribution in [1.29, 1.82) is 0 Å². The van der Waals surface area contributed by atoms with Crippen molar-refractivity contribution in [3.05, 3.63) is 65.2 Å². The molecule has 2 fully saturated rings. The third kappa shape index (κ3) is 4.09. The number of Topliss-reactive ketones (excluding diaryl/α,β-unsaturated/α-hetero) is 1. The molecule has 2 aromatic rings. The zero-order valence-corrected chi connectivity index (χ0v) is 18.5. The Kier molecular flexibility index (Phi) is 6.49. The van der Waals surface area contributed by atoms with Crippen molar-refractivity contribution in [3.63, 3.8) is 0 Å². The highest BCUT2D eigenvalue weighted by Gasteiger charge is 2.48. The number of ether oxygens (including phenoxy) is 2. The molecule has 0 radical (unpaired) electrons. The molecule has 32 heavy (non-hydrogen) atoms. The molecular weight excluding hydrogens is 406 g/mol. The molecule has 1 unspecified atom stereocenters. The van der Waals surface area contributed by atoms with Crippen LogP contribution in [0.25, 0.3) is 5.76 Å². The van der Waals surface area contributed by atoms with E-state index in [-0.39, 0.29) is 17.4 Å². The van der Waals surface area contributed by atoms with E-state index >= 15 is 0 Å². The minimum absolute atomic E-state index is 0.0210. The molecule has 1 atom stereocenters. The fourth-order valence-corrected chi connectivity index (χ4v) is 4.75. The van der Waals surface area contributed by atoms with E-state index in [2.05, 4.69) is 0 Å². The summed E-state index contributed by atoms with van der Waals surface area (Å²) in [6.07, 6.45) is 4.91. The molecule has 1 heterocycles. The highest BCUT2D eigenvalue weighted by atomic mass is 16.5. The molecule has 1 saturated heterocycles. The molecule has 1 aliphatic carbocycles. The number of hydrogen-bond acceptors (Lipinski definition) is 5. The average Bonchev–Trinajstić information content (AvgIpc) is 3.10. The van der Waals surface area contributed by atoms with Gasteiger partial charge in [0.15, 0.2) is 0 Å². The Balaban J connectivity index is 1.84. The number of benzene rings is 2. The molecule has 1 saturated carbocycles. The van der Waals surface area contributed by atoms with Gasteiger partial charge in [-0.1, -0.05) is 43.5 Å². The van der Waals surface area contributed by atoms with Gasteiger partial charge in [0, 0.05) is 11.6 Å². The number of likely N-dealkylation sites (tertiary alicyclic amines) is 1. The van der Waals surface area contributed by atoms with Gasteiger partial charge in [0.05, 0.1) is 25.3 Å². The summed E-state index contributed by atoms with van der Waals surface area (Å²) in [5.41, 5.74) is 1.36. The van der Waals surface area contributed by atoms with Crippen molar-refractivity contribution in [2.75, 3.05) is 13.7 Å². The van der Waals surface area contributed by atoms with Crippen LogP contribution >= 0.6 is 0 Å². The summed E-state index contributed by atoms with van der Waals surface area (Å²) in [5, 5.41) is 11.2. The van der Waals surface area contributed by atoms with Crippen LogP contribution < -0.4 is 9.47 Å². The van der Waals surface area contributed by atoms with Crippen LogP contribution in [-0.4, -0.2) is 41.5 Å². The van der Waals surface area contributed by atoms with Gasteiger partial charge in [0.25, 0.3) is 11.7 Å². The van der Waals surface area contributed by atoms with Gasteiger partial charge in [-0.2, -0.15) is 0 Å². The SMILES string of the molecule is CCOc1cccc(/C(O)=C2/C(=O)C(=O)N(C3CCCCC3)C2c2ccc(OC)cc2)c1. The van der Waals surface area contributed by atoms with Crippen molar-refractivity contribution in [2.45, 2.75) is 51.1 Å². The summed E-state index contributed by atoms with van der Waals surface area (Å²) in [5.74, 6) is -0.0770. The van der Waals surface area contributed by atoms with Gasteiger partial charge in [-0.25, -0.2) is 0 Å². The lowest BCUT2D eigenvalue weighted by atomic mass is 9.91. The Bertz CT molecular complexity index is 1020. The molecule has 0 bridgehead atoms. The van der Waals surface area contributed by atoms with E-state index < -0.39 is 17.7 Å². The molecule has 1 N–H and O–H groups in total. The number of hydrogen-bond donors (Lipinski definition) is 1. The first kappa shape index (κ1) is 21.9. The molecule has 2 aliphatic rings. The van der Waals surface area contributed by atoms with Gasteiger partial charge >= 0.3 is 0 Å². The van der Waals surface area contributed by atoms with Gasteiger partial charge in [-0.3, -0.25) is 9.59 Å². The Hall–Kier alpha value is -3.28. The monoisotopic (exact) mass is 435 g/mol. The standard InChI is InChI=1S/C26H29NO5/c1-3-32-21-11-7-8-18(16-21)24(28)22-23(17-12-14-20(31-2)15-13-17)27(26(30)25(22)29)19-9-5-4-6-10-19/h7-8,11-16,19,23,28H,3-6,9-10H2,1-2H3/b24-22-. The van der Waals surface area contributed by atoms with E-state index in [0.29, 0.717) is 23.7 Å². The summed E-state index contributed by atoms with van der Waals surface area (Å²) in [7, 11) is 1.59. The van der Waals surface area contributed by atoms with Gasteiger partial charge in [-0.05, 0) is 49.6 Å². The first-order valence-electron chi connectivity index (χ1n) is 11.2. The lowest BCUT2D eigenvalue weighted by molar-refractivity contribution is -0.141. The quantitative estimate of drug-likeness (QED) is 0.399. The number of rotatable bonds is 6. The number of nitrogens with zero attached hydrogens (tertiary/aromatic N) is 1. The molecule has 2 aromatic carbocycles. The zero-order valence-electron chi connectivity index (χ0n) is 18.5. The molecule has 1 aliphatic heterocycles. The fraction of sp³-hybridized carbons (Fsp3) is 0.385.